The third kappa shape index (κ3) is 3.88. The Labute approximate surface area is 152 Å². The third-order valence-corrected chi connectivity index (χ3v) is 4.07. The molecule has 2 aromatic carbocycles. The Morgan fingerprint density at radius 2 is 1.69 bits per heavy atom. The maximum Gasteiger partial charge on any atom is 0.257 e. The summed E-state index contributed by atoms with van der Waals surface area (Å²) in [6, 6.07) is 11.9. The van der Waals surface area contributed by atoms with Crippen molar-refractivity contribution in [2.24, 2.45) is 0 Å². The van der Waals surface area contributed by atoms with Crippen LogP contribution in [0.2, 0.25) is 0 Å². The molecule has 0 fully saturated rings. The summed E-state index contributed by atoms with van der Waals surface area (Å²) in [4.78, 5) is 16.5. The number of benzene rings is 2. The standard InChI is InChI=1S/C21H20FN3O/c1-13-8-14(2)20(15(3)9-13)24-17-10-16(11-23-12-17)21(26)25-19-7-5-4-6-18(19)22/h4-12,24H,1-3H3,(H,25,26). The second-order valence-corrected chi connectivity index (χ2v) is 6.29. The molecule has 0 aliphatic rings. The maximum atomic E-state index is 13.7. The number of hydrogen-bond donors (Lipinski definition) is 2. The number of carbonyl (C=O) groups excluding carboxylic acids is 1. The molecule has 0 bridgehead atoms. The van der Waals surface area contributed by atoms with Crippen LogP contribution >= 0.6 is 0 Å². The molecule has 1 heterocycles. The first-order chi connectivity index (χ1) is 12.4. The zero-order valence-electron chi connectivity index (χ0n) is 14.9. The fourth-order valence-corrected chi connectivity index (χ4v) is 2.91. The molecule has 0 atom stereocenters. The first-order valence-electron chi connectivity index (χ1n) is 8.30. The molecule has 1 amide bonds. The van der Waals surface area contributed by atoms with Crippen LogP contribution < -0.4 is 10.6 Å². The molecule has 3 aromatic rings. The molecule has 4 nitrogen and oxygen atoms in total. The summed E-state index contributed by atoms with van der Waals surface area (Å²) < 4.78 is 13.7. The summed E-state index contributed by atoms with van der Waals surface area (Å²) in [7, 11) is 0. The van der Waals surface area contributed by atoms with E-state index in [0.29, 0.717) is 11.3 Å². The third-order valence-electron chi connectivity index (χ3n) is 4.07. The van der Waals surface area contributed by atoms with Gasteiger partial charge in [-0.2, -0.15) is 0 Å². The number of anilines is 3. The smallest absolute Gasteiger partial charge is 0.257 e. The highest BCUT2D eigenvalue weighted by molar-refractivity contribution is 6.04. The number of aromatic nitrogens is 1. The summed E-state index contributed by atoms with van der Waals surface area (Å²) in [5.74, 6) is -0.891. The van der Waals surface area contributed by atoms with Gasteiger partial charge in [-0.05, 0) is 50.1 Å². The zero-order chi connectivity index (χ0) is 18.7. The molecule has 26 heavy (non-hydrogen) atoms. The molecule has 1 aromatic heterocycles. The molecule has 0 saturated heterocycles. The summed E-state index contributed by atoms with van der Waals surface area (Å²) in [5, 5.41) is 5.89. The van der Waals surface area contributed by atoms with E-state index in [-0.39, 0.29) is 5.69 Å². The molecule has 0 aliphatic carbocycles. The van der Waals surface area contributed by atoms with Crippen LogP contribution in [0.4, 0.5) is 21.5 Å². The van der Waals surface area contributed by atoms with Gasteiger partial charge >= 0.3 is 0 Å². The van der Waals surface area contributed by atoms with Gasteiger partial charge in [0.2, 0.25) is 0 Å². The average Bonchev–Trinajstić information content (AvgIpc) is 2.60. The van der Waals surface area contributed by atoms with E-state index in [0.717, 1.165) is 16.8 Å². The first-order valence-corrected chi connectivity index (χ1v) is 8.30. The Morgan fingerprint density at radius 1 is 1.00 bits per heavy atom. The predicted molar refractivity (Wildman–Crippen MR) is 103 cm³/mol. The molecule has 0 radical (unpaired) electrons. The van der Waals surface area contributed by atoms with Crippen LogP contribution in [0.3, 0.4) is 0 Å². The van der Waals surface area contributed by atoms with Crippen molar-refractivity contribution in [2.45, 2.75) is 20.8 Å². The van der Waals surface area contributed by atoms with Crippen LogP contribution in [0.5, 0.6) is 0 Å². The van der Waals surface area contributed by atoms with Crippen molar-refractivity contribution in [1.29, 1.82) is 0 Å². The molecular weight excluding hydrogens is 329 g/mol. The van der Waals surface area contributed by atoms with Crippen LogP contribution in [-0.2, 0) is 0 Å². The number of pyridine rings is 1. The highest BCUT2D eigenvalue weighted by Gasteiger charge is 2.11. The van der Waals surface area contributed by atoms with Crippen molar-refractivity contribution in [3.05, 3.63) is 82.9 Å². The van der Waals surface area contributed by atoms with Gasteiger partial charge in [0.15, 0.2) is 0 Å². The van der Waals surface area contributed by atoms with Crippen molar-refractivity contribution in [1.82, 2.24) is 4.98 Å². The van der Waals surface area contributed by atoms with Gasteiger partial charge in [-0.15, -0.1) is 0 Å². The Morgan fingerprint density at radius 3 is 2.38 bits per heavy atom. The molecule has 132 valence electrons. The van der Waals surface area contributed by atoms with Gasteiger partial charge in [0.25, 0.3) is 5.91 Å². The largest absolute Gasteiger partial charge is 0.354 e. The van der Waals surface area contributed by atoms with Gasteiger partial charge in [0, 0.05) is 11.9 Å². The highest BCUT2D eigenvalue weighted by Crippen LogP contribution is 2.26. The number of aryl methyl sites for hydroxylation is 3. The van der Waals surface area contributed by atoms with Gasteiger partial charge in [-0.25, -0.2) is 4.39 Å². The summed E-state index contributed by atoms with van der Waals surface area (Å²) in [6.45, 7) is 6.12. The molecule has 0 saturated carbocycles. The number of nitrogens with one attached hydrogen (secondary N) is 2. The van der Waals surface area contributed by atoms with Crippen LogP contribution in [-0.4, -0.2) is 10.9 Å². The van der Waals surface area contributed by atoms with Gasteiger partial charge in [0.05, 0.1) is 23.1 Å². The number of carbonyl (C=O) groups is 1. The second-order valence-electron chi connectivity index (χ2n) is 6.29. The lowest BCUT2D eigenvalue weighted by Crippen LogP contribution is -2.13. The molecule has 0 unspecified atom stereocenters. The van der Waals surface area contributed by atoms with Gasteiger partial charge < -0.3 is 10.6 Å². The number of para-hydroxylation sites is 1. The number of nitrogens with zero attached hydrogens (tertiary/aromatic N) is 1. The van der Waals surface area contributed by atoms with Crippen LogP contribution in [0.15, 0.2) is 54.9 Å². The minimum Gasteiger partial charge on any atom is -0.354 e. The fraction of sp³-hybridized carbons (Fsp3) is 0.143. The minimum absolute atomic E-state index is 0.140. The van der Waals surface area contributed by atoms with E-state index in [1.165, 1.54) is 23.9 Å². The Kier molecular flexibility index (Phi) is 4.98. The summed E-state index contributed by atoms with van der Waals surface area (Å²) in [6.07, 6.45) is 3.11. The fourth-order valence-electron chi connectivity index (χ4n) is 2.91. The van der Waals surface area contributed by atoms with E-state index in [9.17, 15) is 9.18 Å². The van der Waals surface area contributed by atoms with E-state index >= 15 is 0 Å². The lowest BCUT2D eigenvalue weighted by atomic mass is 10.0. The van der Waals surface area contributed by atoms with Crippen molar-refractivity contribution in [3.8, 4) is 0 Å². The molecule has 2 N–H and O–H groups in total. The van der Waals surface area contributed by atoms with Crippen LogP contribution in [0, 0.1) is 26.6 Å². The maximum absolute atomic E-state index is 13.7. The Hall–Kier alpha value is -3.21. The van der Waals surface area contributed by atoms with Crippen molar-refractivity contribution in [2.75, 3.05) is 10.6 Å². The lowest BCUT2D eigenvalue weighted by molar-refractivity contribution is 0.102. The second kappa shape index (κ2) is 7.35. The molecule has 0 spiro atoms. The number of halogens is 1. The highest BCUT2D eigenvalue weighted by atomic mass is 19.1. The summed E-state index contributed by atoms with van der Waals surface area (Å²) in [5.41, 5.74) is 5.60. The first kappa shape index (κ1) is 17.6. The Balaban J connectivity index is 1.83. The zero-order valence-corrected chi connectivity index (χ0v) is 14.9. The Bertz CT molecular complexity index is 946. The normalized spacial score (nSPS) is 10.5. The molecule has 5 heteroatoms. The van der Waals surface area contributed by atoms with Crippen molar-refractivity contribution >= 4 is 23.0 Å². The molecular formula is C21H20FN3O. The van der Waals surface area contributed by atoms with Gasteiger partial charge in [-0.1, -0.05) is 29.8 Å². The number of hydrogen-bond acceptors (Lipinski definition) is 3. The van der Waals surface area contributed by atoms with Crippen molar-refractivity contribution < 1.29 is 9.18 Å². The lowest BCUT2D eigenvalue weighted by Gasteiger charge is -2.14. The minimum atomic E-state index is -0.478. The van der Waals surface area contributed by atoms with Crippen LogP contribution in [0.1, 0.15) is 27.0 Å². The average molecular weight is 349 g/mol. The van der Waals surface area contributed by atoms with E-state index < -0.39 is 11.7 Å². The van der Waals surface area contributed by atoms with E-state index in [1.54, 1.807) is 24.4 Å². The summed E-state index contributed by atoms with van der Waals surface area (Å²) >= 11 is 0. The van der Waals surface area contributed by atoms with E-state index in [1.807, 2.05) is 13.8 Å². The van der Waals surface area contributed by atoms with Crippen LogP contribution in [0.25, 0.3) is 0 Å². The number of rotatable bonds is 4. The van der Waals surface area contributed by atoms with Crippen molar-refractivity contribution in [3.63, 3.8) is 0 Å². The number of amides is 1. The monoisotopic (exact) mass is 349 g/mol. The predicted octanol–water partition coefficient (Wildman–Crippen LogP) is 5.14. The quantitative estimate of drug-likeness (QED) is 0.685. The van der Waals surface area contributed by atoms with E-state index in [2.05, 4.69) is 34.7 Å². The van der Waals surface area contributed by atoms with E-state index in [4.69, 9.17) is 0 Å². The molecule has 3 rings (SSSR count). The topological polar surface area (TPSA) is 54.0 Å². The SMILES string of the molecule is Cc1cc(C)c(Nc2cncc(C(=O)Nc3ccccc3F)c2)c(C)c1. The van der Waals surface area contributed by atoms with Gasteiger partial charge in [0.1, 0.15) is 5.82 Å². The van der Waals surface area contributed by atoms with Gasteiger partial charge in [-0.3, -0.25) is 9.78 Å². The molecule has 0 aliphatic heterocycles.